The molecule has 1 aromatic heterocycles. The van der Waals surface area contributed by atoms with Crippen LogP contribution in [0.5, 0.6) is 0 Å². The highest BCUT2D eigenvalue weighted by atomic mass is 79.9. The van der Waals surface area contributed by atoms with E-state index in [9.17, 15) is 0 Å². The second-order valence-corrected chi connectivity index (χ2v) is 5.71. The van der Waals surface area contributed by atoms with Crippen LogP contribution in [0.2, 0.25) is 0 Å². The molecule has 0 aromatic carbocycles. The van der Waals surface area contributed by atoms with E-state index in [1.165, 1.54) is 23.0 Å². The van der Waals surface area contributed by atoms with Crippen LogP contribution in [0.25, 0.3) is 0 Å². The van der Waals surface area contributed by atoms with E-state index in [2.05, 4.69) is 44.9 Å². The average molecular weight is 300 g/mol. The van der Waals surface area contributed by atoms with Crippen molar-refractivity contribution in [2.75, 3.05) is 13.1 Å². The molecule has 1 saturated carbocycles. The standard InChI is InChI=1S/C13H22BrN3/c1-3-7-17-13(12(14)9-16-17)11-6-5-10(11)8-15-4-2/h9-11,15H,3-8H2,1-2H3. The molecule has 0 radical (unpaired) electrons. The summed E-state index contributed by atoms with van der Waals surface area (Å²) in [6.07, 6.45) is 5.75. The fraction of sp³-hybridized carbons (Fsp3) is 0.769. The molecular weight excluding hydrogens is 278 g/mol. The van der Waals surface area contributed by atoms with E-state index in [4.69, 9.17) is 0 Å². The summed E-state index contributed by atoms with van der Waals surface area (Å²) >= 11 is 3.65. The number of hydrogen-bond acceptors (Lipinski definition) is 2. The normalized spacial score (nSPS) is 23.7. The predicted molar refractivity (Wildman–Crippen MR) is 74.2 cm³/mol. The third-order valence-corrected chi connectivity index (χ3v) is 4.30. The van der Waals surface area contributed by atoms with Gasteiger partial charge in [-0.25, -0.2) is 0 Å². The molecule has 2 atom stereocenters. The van der Waals surface area contributed by atoms with Crippen LogP contribution in [0.15, 0.2) is 10.7 Å². The fourth-order valence-electron chi connectivity index (χ4n) is 2.63. The molecule has 1 N–H and O–H groups in total. The molecule has 0 saturated heterocycles. The topological polar surface area (TPSA) is 29.9 Å². The summed E-state index contributed by atoms with van der Waals surface area (Å²) in [5, 5.41) is 7.94. The van der Waals surface area contributed by atoms with Crippen molar-refractivity contribution < 1.29 is 0 Å². The molecule has 2 rings (SSSR count). The van der Waals surface area contributed by atoms with Gasteiger partial charge < -0.3 is 5.32 Å². The van der Waals surface area contributed by atoms with Crippen LogP contribution in [0.1, 0.15) is 44.7 Å². The van der Waals surface area contributed by atoms with Crippen LogP contribution in [-0.4, -0.2) is 22.9 Å². The van der Waals surface area contributed by atoms with E-state index >= 15 is 0 Å². The Morgan fingerprint density at radius 2 is 2.29 bits per heavy atom. The third kappa shape index (κ3) is 2.74. The Balaban J connectivity index is 2.08. The van der Waals surface area contributed by atoms with Gasteiger partial charge in [0.05, 0.1) is 16.4 Å². The van der Waals surface area contributed by atoms with Crippen molar-refractivity contribution in [3.63, 3.8) is 0 Å². The largest absolute Gasteiger partial charge is 0.317 e. The molecule has 0 spiro atoms. The highest BCUT2D eigenvalue weighted by Gasteiger charge is 2.35. The summed E-state index contributed by atoms with van der Waals surface area (Å²) in [5.41, 5.74) is 1.42. The molecule has 0 bridgehead atoms. The maximum absolute atomic E-state index is 4.47. The summed E-state index contributed by atoms with van der Waals surface area (Å²) in [5.74, 6) is 1.48. The first kappa shape index (κ1) is 13.1. The molecule has 96 valence electrons. The first-order valence-electron chi connectivity index (χ1n) is 6.69. The zero-order chi connectivity index (χ0) is 12.3. The van der Waals surface area contributed by atoms with Crippen molar-refractivity contribution in [2.24, 2.45) is 5.92 Å². The first-order chi connectivity index (χ1) is 8.27. The molecular formula is C13H22BrN3. The quantitative estimate of drug-likeness (QED) is 0.874. The van der Waals surface area contributed by atoms with Crippen molar-refractivity contribution in [3.05, 3.63) is 16.4 Å². The van der Waals surface area contributed by atoms with Crippen LogP contribution in [0, 0.1) is 5.92 Å². The number of hydrogen-bond donors (Lipinski definition) is 1. The molecule has 0 aliphatic heterocycles. The van der Waals surface area contributed by atoms with E-state index in [1.807, 2.05) is 6.20 Å². The maximum Gasteiger partial charge on any atom is 0.0635 e. The van der Waals surface area contributed by atoms with Gasteiger partial charge in [-0.2, -0.15) is 5.10 Å². The minimum Gasteiger partial charge on any atom is -0.317 e. The minimum absolute atomic E-state index is 0.692. The lowest BCUT2D eigenvalue weighted by molar-refractivity contribution is 0.234. The van der Waals surface area contributed by atoms with Crippen LogP contribution in [0.4, 0.5) is 0 Å². The molecule has 1 aliphatic carbocycles. The Hall–Kier alpha value is -0.350. The van der Waals surface area contributed by atoms with E-state index in [0.717, 1.165) is 32.0 Å². The van der Waals surface area contributed by atoms with E-state index < -0.39 is 0 Å². The van der Waals surface area contributed by atoms with Crippen molar-refractivity contribution >= 4 is 15.9 Å². The summed E-state index contributed by atoms with van der Waals surface area (Å²) in [6, 6.07) is 0. The van der Waals surface area contributed by atoms with Gasteiger partial charge >= 0.3 is 0 Å². The van der Waals surface area contributed by atoms with Gasteiger partial charge in [0, 0.05) is 12.5 Å². The summed E-state index contributed by atoms with van der Waals surface area (Å²) in [6.45, 7) is 7.62. The van der Waals surface area contributed by atoms with Crippen molar-refractivity contribution in [2.45, 2.75) is 45.6 Å². The number of halogens is 1. The van der Waals surface area contributed by atoms with Crippen molar-refractivity contribution in [1.82, 2.24) is 15.1 Å². The molecule has 2 unspecified atom stereocenters. The van der Waals surface area contributed by atoms with Crippen molar-refractivity contribution in [1.29, 1.82) is 0 Å². The van der Waals surface area contributed by atoms with Gasteiger partial charge in [0.25, 0.3) is 0 Å². The Morgan fingerprint density at radius 3 is 2.88 bits per heavy atom. The fourth-order valence-corrected chi connectivity index (χ4v) is 3.22. The molecule has 1 heterocycles. The highest BCUT2D eigenvalue weighted by Crippen LogP contribution is 2.44. The second-order valence-electron chi connectivity index (χ2n) is 4.85. The number of aromatic nitrogens is 2. The van der Waals surface area contributed by atoms with Gasteiger partial charge in [0.2, 0.25) is 0 Å². The van der Waals surface area contributed by atoms with Crippen LogP contribution in [-0.2, 0) is 6.54 Å². The zero-order valence-electron chi connectivity index (χ0n) is 10.7. The van der Waals surface area contributed by atoms with Gasteiger partial charge in [0.15, 0.2) is 0 Å². The number of nitrogens with zero attached hydrogens (tertiary/aromatic N) is 2. The lowest BCUT2D eigenvalue weighted by Crippen LogP contribution is -2.35. The number of aryl methyl sites for hydroxylation is 1. The maximum atomic E-state index is 4.47. The molecule has 3 nitrogen and oxygen atoms in total. The van der Waals surface area contributed by atoms with E-state index in [0.29, 0.717) is 5.92 Å². The minimum atomic E-state index is 0.692. The van der Waals surface area contributed by atoms with Gasteiger partial charge in [-0.3, -0.25) is 4.68 Å². The first-order valence-corrected chi connectivity index (χ1v) is 7.49. The number of rotatable bonds is 6. The van der Waals surface area contributed by atoms with Crippen LogP contribution < -0.4 is 5.32 Å². The molecule has 1 fully saturated rings. The Morgan fingerprint density at radius 1 is 1.47 bits per heavy atom. The SMILES string of the molecule is CCCn1ncc(Br)c1C1CCC1CNCC. The Kier molecular flexibility index (Phi) is 4.62. The summed E-state index contributed by atoms with van der Waals surface area (Å²) in [7, 11) is 0. The van der Waals surface area contributed by atoms with Crippen LogP contribution in [0.3, 0.4) is 0 Å². The average Bonchev–Trinajstić information content (AvgIpc) is 2.62. The van der Waals surface area contributed by atoms with E-state index in [1.54, 1.807) is 0 Å². The number of nitrogens with one attached hydrogen (secondary N) is 1. The summed E-state index contributed by atoms with van der Waals surface area (Å²) < 4.78 is 3.38. The lowest BCUT2D eigenvalue weighted by atomic mass is 9.71. The smallest absolute Gasteiger partial charge is 0.0635 e. The van der Waals surface area contributed by atoms with E-state index in [-0.39, 0.29) is 0 Å². The van der Waals surface area contributed by atoms with Gasteiger partial charge in [-0.05, 0) is 54.2 Å². The van der Waals surface area contributed by atoms with Gasteiger partial charge in [-0.15, -0.1) is 0 Å². The molecule has 1 aromatic rings. The highest BCUT2D eigenvalue weighted by molar-refractivity contribution is 9.10. The molecule has 4 heteroatoms. The van der Waals surface area contributed by atoms with Crippen LogP contribution >= 0.6 is 15.9 Å². The molecule has 0 amide bonds. The van der Waals surface area contributed by atoms with Crippen molar-refractivity contribution in [3.8, 4) is 0 Å². The predicted octanol–water partition coefficient (Wildman–Crippen LogP) is 3.16. The Labute approximate surface area is 112 Å². The molecule has 17 heavy (non-hydrogen) atoms. The monoisotopic (exact) mass is 299 g/mol. The Bertz CT molecular complexity index is 362. The lowest BCUT2D eigenvalue weighted by Gasteiger charge is -2.37. The van der Waals surface area contributed by atoms with Gasteiger partial charge in [0.1, 0.15) is 0 Å². The molecule has 1 aliphatic rings. The second kappa shape index (κ2) is 6.01. The third-order valence-electron chi connectivity index (χ3n) is 3.69. The summed E-state index contributed by atoms with van der Waals surface area (Å²) in [4.78, 5) is 0. The zero-order valence-corrected chi connectivity index (χ0v) is 12.3. The van der Waals surface area contributed by atoms with Gasteiger partial charge in [-0.1, -0.05) is 13.8 Å².